The van der Waals surface area contributed by atoms with Crippen LogP contribution in [-0.4, -0.2) is 6.54 Å². The highest BCUT2D eigenvalue weighted by Gasteiger charge is 2.24. The van der Waals surface area contributed by atoms with E-state index in [4.69, 9.17) is 5.26 Å². The normalized spacial score (nSPS) is 16.5. The van der Waals surface area contributed by atoms with Crippen LogP contribution in [0, 0.1) is 17.1 Å². The lowest BCUT2D eigenvalue weighted by atomic mass is 9.95. The number of hydrogen-bond acceptors (Lipinski definition) is 2. The van der Waals surface area contributed by atoms with E-state index in [-0.39, 0.29) is 5.82 Å². The standard InChI is InChI=1S/C18H17FN2/c1-2-21-18-7-6-16-15(4-3-5-17(16)18)13-8-12(11-20)9-14(19)10-13/h3-5,8-10,18,21H,2,6-7H2,1H3. The number of nitrogens with one attached hydrogen (secondary N) is 1. The van der Waals surface area contributed by atoms with E-state index in [1.165, 1.54) is 23.3 Å². The summed E-state index contributed by atoms with van der Waals surface area (Å²) >= 11 is 0. The summed E-state index contributed by atoms with van der Waals surface area (Å²) in [5, 5.41) is 12.5. The fourth-order valence-electron chi connectivity index (χ4n) is 3.19. The molecule has 0 fully saturated rings. The summed E-state index contributed by atoms with van der Waals surface area (Å²) < 4.78 is 13.7. The summed E-state index contributed by atoms with van der Waals surface area (Å²) in [6.45, 7) is 3.04. The third-order valence-electron chi connectivity index (χ3n) is 4.06. The average molecular weight is 280 g/mol. The molecule has 0 spiro atoms. The Labute approximate surface area is 124 Å². The van der Waals surface area contributed by atoms with Gasteiger partial charge in [-0.15, -0.1) is 0 Å². The van der Waals surface area contributed by atoms with Gasteiger partial charge in [0, 0.05) is 6.04 Å². The van der Waals surface area contributed by atoms with Gasteiger partial charge in [-0.3, -0.25) is 0 Å². The quantitative estimate of drug-likeness (QED) is 0.923. The van der Waals surface area contributed by atoms with E-state index in [1.807, 2.05) is 18.2 Å². The monoisotopic (exact) mass is 280 g/mol. The van der Waals surface area contributed by atoms with Gasteiger partial charge in [0.2, 0.25) is 0 Å². The number of halogens is 1. The Balaban J connectivity index is 2.09. The maximum atomic E-state index is 13.7. The fraction of sp³-hybridized carbons (Fsp3) is 0.278. The van der Waals surface area contributed by atoms with E-state index in [1.54, 1.807) is 6.07 Å². The van der Waals surface area contributed by atoms with Crippen LogP contribution in [0.4, 0.5) is 4.39 Å². The van der Waals surface area contributed by atoms with E-state index < -0.39 is 0 Å². The Morgan fingerprint density at radius 1 is 1.33 bits per heavy atom. The minimum Gasteiger partial charge on any atom is -0.310 e. The summed E-state index contributed by atoms with van der Waals surface area (Å²) in [4.78, 5) is 0. The zero-order chi connectivity index (χ0) is 14.8. The van der Waals surface area contributed by atoms with Crippen molar-refractivity contribution in [3.05, 3.63) is 58.9 Å². The number of hydrogen-bond donors (Lipinski definition) is 1. The van der Waals surface area contributed by atoms with Gasteiger partial charge in [0.1, 0.15) is 5.82 Å². The zero-order valence-electron chi connectivity index (χ0n) is 12.0. The van der Waals surface area contributed by atoms with Gasteiger partial charge in [-0.1, -0.05) is 25.1 Å². The highest BCUT2D eigenvalue weighted by Crippen LogP contribution is 2.38. The Hall–Kier alpha value is -2.18. The zero-order valence-corrected chi connectivity index (χ0v) is 12.0. The number of fused-ring (bicyclic) bond motifs is 1. The molecule has 0 saturated carbocycles. The highest BCUT2D eigenvalue weighted by atomic mass is 19.1. The second kappa shape index (κ2) is 5.67. The van der Waals surface area contributed by atoms with Gasteiger partial charge in [-0.25, -0.2) is 4.39 Å². The van der Waals surface area contributed by atoms with Crippen LogP contribution in [0.3, 0.4) is 0 Å². The molecule has 1 unspecified atom stereocenters. The van der Waals surface area contributed by atoms with E-state index >= 15 is 0 Å². The predicted octanol–water partition coefficient (Wildman–Crippen LogP) is 3.96. The molecule has 1 aliphatic rings. The van der Waals surface area contributed by atoms with Gasteiger partial charge in [0.25, 0.3) is 0 Å². The molecule has 1 atom stereocenters. The fourth-order valence-corrected chi connectivity index (χ4v) is 3.19. The number of nitriles is 1. The lowest BCUT2D eigenvalue weighted by Gasteiger charge is -2.14. The molecule has 3 rings (SSSR count). The summed E-state index contributed by atoms with van der Waals surface area (Å²) in [7, 11) is 0. The molecule has 21 heavy (non-hydrogen) atoms. The average Bonchev–Trinajstić information content (AvgIpc) is 2.90. The smallest absolute Gasteiger partial charge is 0.125 e. The molecular formula is C18H17FN2. The topological polar surface area (TPSA) is 35.8 Å². The molecule has 2 aromatic rings. The van der Waals surface area contributed by atoms with Crippen molar-refractivity contribution in [1.29, 1.82) is 5.26 Å². The molecule has 3 heteroatoms. The molecule has 2 aromatic carbocycles. The molecule has 1 N–H and O–H groups in total. The van der Waals surface area contributed by atoms with Crippen molar-refractivity contribution in [3.8, 4) is 17.2 Å². The van der Waals surface area contributed by atoms with Crippen molar-refractivity contribution in [3.63, 3.8) is 0 Å². The third kappa shape index (κ3) is 2.55. The largest absolute Gasteiger partial charge is 0.310 e. The van der Waals surface area contributed by atoms with Gasteiger partial charge >= 0.3 is 0 Å². The van der Waals surface area contributed by atoms with Gasteiger partial charge in [0.05, 0.1) is 11.6 Å². The Morgan fingerprint density at radius 2 is 2.19 bits per heavy atom. The highest BCUT2D eigenvalue weighted by molar-refractivity contribution is 5.71. The molecule has 0 radical (unpaired) electrons. The number of rotatable bonds is 3. The minimum atomic E-state index is -0.358. The Kier molecular flexibility index (Phi) is 3.72. The van der Waals surface area contributed by atoms with Crippen LogP contribution in [0.15, 0.2) is 36.4 Å². The van der Waals surface area contributed by atoms with Crippen LogP contribution >= 0.6 is 0 Å². The van der Waals surface area contributed by atoms with Crippen molar-refractivity contribution in [1.82, 2.24) is 5.32 Å². The number of benzene rings is 2. The second-order valence-electron chi connectivity index (χ2n) is 5.36. The minimum absolute atomic E-state index is 0.358. The van der Waals surface area contributed by atoms with Crippen LogP contribution in [0.5, 0.6) is 0 Å². The van der Waals surface area contributed by atoms with Gasteiger partial charge < -0.3 is 5.32 Å². The van der Waals surface area contributed by atoms with Crippen molar-refractivity contribution >= 4 is 0 Å². The van der Waals surface area contributed by atoms with Crippen molar-refractivity contribution in [2.24, 2.45) is 0 Å². The first-order chi connectivity index (χ1) is 10.2. The lowest BCUT2D eigenvalue weighted by Crippen LogP contribution is -2.18. The van der Waals surface area contributed by atoms with Crippen LogP contribution in [0.25, 0.3) is 11.1 Å². The van der Waals surface area contributed by atoms with Crippen LogP contribution < -0.4 is 5.32 Å². The second-order valence-corrected chi connectivity index (χ2v) is 5.36. The Morgan fingerprint density at radius 3 is 2.95 bits per heavy atom. The van der Waals surface area contributed by atoms with E-state index in [9.17, 15) is 4.39 Å². The van der Waals surface area contributed by atoms with Gasteiger partial charge in [-0.2, -0.15) is 5.26 Å². The molecule has 0 aromatic heterocycles. The number of nitrogens with zero attached hydrogens (tertiary/aromatic N) is 1. The predicted molar refractivity (Wildman–Crippen MR) is 81.3 cm³/mol. The SMILES string of the molecule is CCNC1CCc2c(-c3cc(F)cc(C#N)c3)cccc21. The van der Waals surface area contributed by atoms with Crippen molar-refractivity contribution < 1.29 is 4.39 Å². The molecular weight excluding hydrogens is 263 g/mol. The van der Waals surface area contributed by atoms with Crippen LogP contribution in [0.2, 0.25) is 0 Å². The molecule has 0 aliphatic heterocycles. The van der Waals surface area contributed by atoms with E-state index in [2.05, 4.69) is 18.3 Å². The van der Waals surface area contributed by atoms with Gasteiger partial charge in [-0.05, 0) is 59.8 Å². The molecule has 0 amide bonds. The third-order valence-corrected chi connectivity index (χ3v) is 4.06. The molecule has 106 valence electrons. The molecule has 0 bridgehead atoms. The van der Waals surface area contributed by atoms with Crippen LogP contribution in [-0.2, 0) is 6.42 Å². The molecule has 2 nitrogen and oxygen atoms in total. The molecule has 0 heterocycles. The first-order valence-corrected chi connectivity index (χ1v) is 7.29. The van der Waals surface area contributed by atoms with E-state index in [0.29, 0.717) is 11.6 Å². The first-order valence-electron chi connectivity index (χ1n) is 7.29. The molecule has 0 saturated heterocycles. The maximum absolute atomic E-state index is 13.7. The van der Waals surface area contributed by atoms with Crippen molar-refractivity contribution in [2.75, 3.05) is 6.54 Å². The summed E-state index contributed by atoms with van der Waals surface area (Å²) in [5.74, 6) is -0.358. The maximum Gasteiger partial charge on any atom is 0.125 e. The summed E-state index contributed by atoms with van der Waals surface area (Å²) in [5.41, 5.74) is 4.78. The Bertz CT molecular complexity index is 716. The summed E-state index contributed by atoms with van der Waals surface area (Å²) in [6.07, 6.45) is 2.06. The van der Waals surface area contributed by atoms with Gasteiger partial charge in [0.15, 0.2) is 0 Å². The lowest BCUT2D eigenvalue weighted by molar-refractivity contribution is 0.549. The first kappa shape index (κ1) is 13.8. The van der Waals surface area contributed by atoms with Crippen LogP contribution in [0.1, 0.15) is 36.1 Å². The van der Waals surface area contributed by atoms with E-state index in [0.717, 1.165) is 30.5 Å². The van der Waals surface area contributed by atoms with Crippen molar-refractivity contribution in [2.45, 2.75) is 25.8 Å². The summed E-state index contributed by atoms with van der Waals surface area (Å²) in [6, 6.07) is 13.1. The molecule has 1 aliphatic carbocycles.